The van der Waals surface area contributed by atoms with Crippen LogP contribution in [0.5, 0.6) is 0 Å². The number of nitrogens with one attached hydrogen (secondary N) is 1. The second kappa shape index (κ2) is 20.8. The average molecular weight is 583 g/mol. The molecule has 0 rings (SSSR count). The van der Waals surface area contributed by atoms with Crippen LogP contribution in [0.1, 0.15) is 32.6 Å². The number of nitrogens with two attached hydrogens (primary N) is 1. The van der Waals surface area contributed by atoms with Crippen LogP contribution in [0.4, 0.5) is 4.79 Å². The van der Waals surface area contributed by atoms with E-state index in [-0.39, 0.29) is 13.2 Å². The minimum absolute atomic E-state index is 0.217. The SMILES string of the molecule is C=CC(=O)OCC(C)(COC(=O)C=C)NC(N)=O.CO[Si](CCCCCC[Si](OC)(OC)OC)(OC)OC. The molecule has 0 aliphatic carbocycles. The van der Waals surface area contributed by atoms with Crippen LogP contribution in [-0.2, 0) is 45.6 Å². The van der Waals surface area contributed by atoms with E-state index in [4.69, 9.17) is 41.8 Å². The summed E-state index contributed by atoms with van der Waals surface area (Å²) in [5.41, 5.74) is 3.86. The van der Waals surface area contributed by atoms with Gasteiger partial charge in [0.25, 0.3) is 0 Å². The van der Waals surface area contributed by atoms with Gasteiger partial charge in [0.15, 0.2) is 0 Å². The van der Waals surface area contributed by atoms with Crippen molar-refractivity contribution in [2.24, 2.45) is 5.73 Å². The molecule has 0 aliphatic rings. The molecule has 0 radical (unpaired) electrons. The van der Waals surface area contributed by atoms with Crippen molar-refractivity contribution >= 4 is 35.6 Å². The number of unbranched alkanes of at least 4 members (excludes halogenated alkanes) is 3. The van der Waals surface area contributed by atoms with Crippen LogP contribution in [0.3, 0.4) is 0 Å². The molecule has 0 atom stereocenters. The highest BCUT2D eigenvalue weighted by atomic mass is 28.4. The van der Waals surface area contributed by atoms with Gasteiger partial charge >= 0.3 is 35.6 Å². The lowest BCUT2D eigenvalue weighted by molar-refractivity contribution is -0.144. The van der Waals surface area contributed by atoms with E-state index in [1.807, 2.05) is 0 Å². The third kappa shape index (κ3) is 16.0. The number of carbonyl (C=O) groups excluding carboxylic acids is 3. The van der Waals surface area contributed by atoms with E-state index in [0.29, 0.717) is 0 Å². The zero-order valence-electron chi connectivity index (χ0n) is 23.8. The third-order valence-electron chi connectivity index (χ3n) is 5.41. The molecule has 0 spiro atoms. The molecular formula is C23H46N2O11Si2. The molecule has 0 fully saturated rings. The number of hydrogen-bond acceptors (Lipinski definition) is 11. The fraction of sp³-hybridized carbons (Fsp3) is 0.696. The number of esters is 2. The number of urea groups is 1. The first kappa shape index (κ1) is 38.0. The van der Waals surface area contributed by atoms with E-state index in [9.17, 15) is 14.4 Å². The van der Waals surface area contributed by atoms with Crippen LogP contribution < -0.4 is 11.1 Å². The largest absolute Gasteiger partial charge is 0.500 e. The number of ether oxygens (including phenoxy) is 2. The summed E-state index contributed by atoms with van der Waals surface area (Å²) in [5, 5.41) is 2.33. The Labute approximate surface area is 228 Å². The van der Waals surface area contributed by atoms with Gasteiger partial charge in [0.05, 0.1) is 0 Å². The van der Waals surface area contributed by atoms with Crippen molar-refractivity contribution in [3.63, 3.8) is 0 Å². The number of amides is 2. The van der Waals surface area contributed by atoms with Crippen molar-refractivity contribution in [1.29, 1.82) is 0 Å². The highest BCUT2D eigenvalue weighted by Crippen LogP contribution is 2.21. The number of hydrogen-bond donors (Lipinski definition) is 2. The van der Waals surface area contributed by atoms with E-state index < -0.39 is 41.1 Å². The minimum atomic E-state index is -2.40. The van der Waals surface area contributed by atoms with Crippen LogP contribution >= 0.6 is 0 Å². The van der Waals surface area contributed by atoms with Gasteiger partial charge in [0.1, 0.15) is 18.8 Å². The molecule has 0 aliphatic heterocycles. The fourth-order valence-corrected chi connectivity index (χ4v) is 6.73. The average Bonchev–Trinajstić information content (AvgIpc) is 2.93. The Hall–Kier alpha value is -2.12. The molecule has 0 heterocycles. The fourth-order valence-electron chi connectivity index (χ4n) is 3.14. The molecule has 0 saturated heterocycles. The molecule has 222 valence electrons. The van der Waals surface area contributed by atoms with Gasteiger partial charge in [-0.1, -0.05) is 26.0 Å². The van der Waals surface area contributed by atoms with E-state index in [0.717, 1.165) is 49.9 Å². The summed E-state index contributed by atoms with van der Waals surface area (Å²) < 4.78 is 41.9. The Bertz CT molecular complexity index is 653. The summed E-state index contributed by atoms with van der Waals surface area (Å²) in [7, 11) is 5.09. The maximum atomic E-state index is 10.9. The summed E-state index contributed by atoms with van der Waals surface area (Å²) in [6, 6.07) is 0.859. The zero-order valence-corrected chi connectivity index (χ0v) is 25.8. The molecule has 13 nitrogen and oxygen atoms in total. The smallest absolute Gasteiger partial charge is 0.460 e. The lowest BCUT2D eigenvalue weighted by Gasteiger charge is -2.28. The highest BCUT2D eigenvalue weighted by molar-refractivity contribution is 6.60. The van der Waals surface area contributed by atoms with Crippen LogP contribution in [0, 0.1) is 0 Å². The Balaban J connectivity index is 0. The molecule has 0 saturated carbocycles. The van der Waals surface area contributed by atoms with E-state index in [2.05, 4.69) is 18.5 Å². The first-order chi connectivity index (χ1) is 17.9. The quantitative estimate of drug-likeness (QED) is 0.0936. The number of carbonyl (C=O) groups is 3. The molecule has 38 heavy (non-hydrogen) atoms. The van der Waals surface area contributed by atoms with Crippen LogP contribution in [0.2, 0.25) is 12.1 Å². The van der Waals surface area contributed by atoms with Gasteiger partial charge in [-0.3, -0.25) is 0 Å². The Kier molecular flexibility index (Phi) is 20.8. The Morgan fingerprint density at radius 2 is 1.03 bits per heavy atom. The molecule has 0 aromatic carbocycles. The standard InChI is InChI=1S/C12H30O6Si2.C11H16N2O5/c1-13-19(14-2,15-3)11-9-7-8-10-12-20(16-4,17-5)18-6;1-4-8(14)17-6-11(3,13-10(12)16)7-18-9(15)5-2/h7-12H2,1-6H3;4-5H,1-2,6-7H2,3H3,(H3,12,13,16). The topological polar surface area (TPSA) is 163 Å². The van der Waals surface area contributed by atoms with Crippen molar-refractivity contribution in [2.45, 2.75) is 50.2 Å². The van der Waals surface area contributed by atoms with Gasteiger partial charge in [0.2, 0.25) is 0 Å². The predicted molar refractivity (Wildman–Crippen MR) is 145 cm³/mol. The first-order valence-corrected chi connectivity index (χ1v) is 15.7. The number of rotatable bonds is 20. The van der Waals surface area contributed by atoms with Crippen molar-refractivity contribution in [2.75, 3.05) is 55.9 Å². The molecule has 0 bridgehead atoms. The highest BCUT2D eigenvalue weighted by Gasteiger charge is 2.38. The molecule has 0 unspecified atom stereocenters. The van der Waals surface area contributed by atoms with Crippen molar-refractivity contribution in [1.82, 2.24) is 5.32 Å². The second-order valence-corrected chi connectivity index (χ2v) is 14.4. The maximum Gasteiger partial charge on any atom is 0.500 e. The number of primary amides is 1. The Morgan fingerprint density at radius 1 is 0.711 bits per heavy atom. The van der Waals surface area contributed by atoms with Gasteiger partial charge in [-0.25, -0.2) is 14.4 Å². The van der Waals surface area contributed by atoms with E-state index >= 15 is 0 Å². The normalized spacial score (nSPS) is 11.6. The maximum absolute atomic E-state index is 10.9. The van der Waals surface area contributed by atoms with Gasteiger partial charge in [-0.15, -0.1) is 0 Å². The predicted octanol–water partition coefficient (Wildman–Crippen LogP) is 2.17. The summed E-state index contributed by atoms with van der Waals surface area (Å²) in [4.78, 5) is 32.7. The summed E-state index contributed by atoms with van der Waals surface area (Å²) in [5.74, 6) is -1.33. The van der Waals surface area contributed by atoms with Crippen molar-refractivity contribution < 1.29 is 50.4 Å². The lowest BCUT2D eigenvalue weighted by Crippen LogP contribution is -2.55. The van der Waals surface area contributed by atoms with Crippen LogP contribution in [-0.4, -0.2) is 97.0 Å². The molecule has 15 heteroatoms. The zero-order chi connectivity index (χ0) is 29.7. The molecule has 0 aromatic rings. The second-order valence-electron chi connectivity index (χ2n) is 8.18. The summed E-state index contributed by atoms with van der Waals surface area (Å²) in [6.45, 7) is 7.52. The molecule has 0 aromatic heterocycles. The van der Waals surface area contributed by atoms with Gasteiger partial charge in [-0.2, -0.15) is 0 Å². The molecule has 2 amide bonds. The molecular weight excluding hydrogens is 536 g/mol. The van der Waals surface area contributed by atoms with E-state index in [1.54, 1.807) is 42.7 Å². The third-order valence-corrected chi connectivity index (χ3v) is 11.1. The van der Waals surface area contributed by atoms with Crippen molar-refractivity contribution in [3.05, 3.63) is 25.3 Å². The lowest BCUT2D eigenvalue weighted by atomic mass is 10.1. The minimum Gasteiger partial charge on any atom is -0.460 e. The first-order valence-electron chi connectivity index (χ1n) is 11.9. The van der Waals surface area contributed by atoms with Crippen LogP contribution in [0.15, 0.2) is 25.3 Å². The Morgan fingerprint density at radius 3 is 1.26 bits per heavy atom. The summed E-state index contributed by atoms with van der Waals surface area (Å²) >= 11 is 0. The van der Waals surface area contributed by atoms with Gasteiger partial charge < -0.3 is 47.1 Å². The van der Waals surface area contributed by atoms with Gasteiger partial charge in [0, 0.05) is 66.9 Å². The van der Waals surface area contributed by atoms with Crippen LogP contribution in [0.25, 0.3) is 0 Å². The van der Waals surface area contributed by atoms with Gasteiger partial charge in [-0.05, 0) is 19.8 Å². The van der Waals surface area contributed by atoms with Crippen molar-refractivity contribution in [3.8, 4) is 0 Å². The van der Waals surface area contributed by atoms with E-state index in [1.165, 1.54) is 6.92 Å². The molecule has 3 N–H and O–H groups in total. The monoisotopic (exact) mass is 582 g/mol. The summed E-state index contributed by atoms with van der Waals surface area (Å²) in [6.07, 6.45) is 6.21.